The van der Waals surface area contributed by atoms with E-state index in [1.807, 2.05) is 6.92 Å². The molecule has 0 aromatic carbocycles. The highest BCUT2D eigenvalue weighted by Crippen LogP contribution is 2.50. The van der Waals surface area contributed by atoms with E-state index in [-0.39, 0.29) is 17.3 Å². The van der Waals surface area contributed by atoms with Crippen molar-refractivity contribution >= 4 is 26.9 Å². The van der Waals surface area contributed by atoms with Gasteiger partial charge < -0.3 is 14.0 Å². The summed E-state index contributed by atoms with van der Waals surface area (Å²) in [5.74, 6) is -1.43. The lowest BCUT2D eigenvalue weighted by Gasteiger charge is -2.47. The van der Waals surface area contributed by atoms with Gasteiger partial charge in [0.15, 0.2) is 0 Å². The van der Waals surface area contributed by atoms with Crippen molar-refractivity contribution in [3.05, 3.63) is 0 Å². The molecule has 1 fully saturated rings. The van der Waals surface area contributed by atoms with Gasteiger partial charge in [-0.25, -0.2) is 0 Å². The summed E-state index contributed by atoms with van der Waals surface area (Å²) < 4.78 is 11.3. The van der Waals surface area contributed by atoms with Crippen molar-refractivity contribution in [3.63, 3.8) is 0 Å². The van der Waals surface area contributed by atoms with Crippen molar-refractivity contribution in [1.29, 1.82) is 0 Å². The zero-order valence-electron chi connectivity index (χ0n) is 11.4. The van der Waals surface area contributed by atoms with E-state index in [0.717, 1.165) is 19.3 Å². The fourth-order valence-corrected chi connectivity index (χ4v) is 4.78. The van der Waals surface area contributed by atoms with E-state index in [0.29, 0.717) is 21.0 Å². The Morgan fingerprint density at radius 2 is 1.76 bits per heavy atom. The van der Waals surface area contributed by atoms with E-state index in [2.05, 4.69) is 13.8 Å². The summed E-state index contributed by atoms with van der Waals surface area (Å²) in [4.78, 5) is 11.3. The van der Waals surface area contributed by atoms with Crippen LogP contribution in [0, 0.1) is 17.3 Å². The molecule has 0 amide bonds. The van der Waals surface area contributed by atoms with Crippen LogP contribution in [0.5, 0.6) is 0 Å². The van der Waals surface area contributed by atoms with E-state index in [4.69, 9.17) is 8.85 Å². The molecule has 0 heterocycles. The molecule has 100 valence electrons. The molecule has 1 aliphatic rings. The third kappa shape index (κ3) is 2.49. The minimum atomic E-state index is -0.676. The summed E-state index contributed by atoms with van der Waals surface area (Å²) in [6, 6.07) is 0. The first kappa shape index (κ1) is 14.9. The third-order valence-electron chi connectivity index (χ3n) is 4.71. The summed E-state index contributed by atoms with van der Waals surface area (Å²) >= 11 is 0. The highest BCUT2D eigenvalue weighted by Gasteiger charge is 2.52. The number of aliphatic carboxylic acids is 1. The summed E-state index contributed by atoms with van der Waals surface area (Å²) in [5.41, 5.74) is -0.268. The molecular weight excluding hydrogens is 252 g/mol. The van der Waals surface area contributed by atoms with Gasteiger partial charge in [0.1, 0.15) is 26.8 Å². The molecule has 0 saturated heterocycles. The average Bonchev–Trinajstić information content (AvgIpc) is 2.77. The molecule has 0 spiro atoms. The zero-order chi connectivity index (χ0) is 13.3. The minimum absolute atomic E-state index is 0.132. The molecule has 0 aromatic rings. The van der Waals surface area contributed by atoms with Gasteiger partial charge in [-0.1, -0.05) is 20.3 Å². The van der Waals surface area contributed by atoms with Gasteiger partial charge in [0, 0.05) is 5.41 Å². The number of rotatable bonds is 5. The molecule has 1 saturated carbocycles. The SMILES string of the molecule is CC(O[SiH3])(O[SiH3])C(C)(C)C1CCCC1C(=O)O. The Morgan fingerprint density at radius 1 is 1.24 bits per heavy atom. The molecule has 0 bridgehead atoms. The Bertz CT molecular complexity index is 289. The number of hydrogen-bond acceptors (Lipinski definition) is 3. The van der Waals surface area contributed by atoms with E-state index in [9.17, 15) is 9.90 Å². The lowest BCUT2D eigenvalue weighted by molar-refractivity contribution is -0.200. The van der Waals surface area contributed by atoms with Crippen LogP contribution in [0.15, 0.2) is 0 Å². The second kappa shape index (κ2) is 5.21. The van der Waals surface area contributed by atoms with E-state index >= 15 is 0 Å². The largest absolute Gasteiger partial charge is 0.481 e. The third-order valence-corrected chi connectivity index (χ3v) is 6.27. The Morgan fingerprint density at radius 3 is 2.18 bits per heavy atom. The number of carboxylic acids is 1. The first-order valence-electron chi connectivity index (χ1n) is 6.13. The van der Waals surface area contributed by atoms with Gasteiger partial charge in [-0.05, 0) is 25.7 Å². The molecule has 2 unspecified atom stereocenters. The van der Waals surface area contributed by atoms with E-state index < -0.39 is 11.8 Å². The second-order valence-electron chi connectivity index (χ2n) is 5.56. The number of carbonyl (C=O) groups is 1. The average molecular weight is 276 g/mol. The smallest absolute Gasteiger partial charge is 0.306 e. The number of carboxylic acid groups (broad SMARTS) is 1. The van der Waals surface area contributed by atoms with Crippen LogP contribution in [-0.4, -0.2) is 37.8 Å². The zero-order valence-corrected chi connectivity index (χ0v) is 15.4. The molecule has 0 aromatic heterocycles. The van der Waals surface area contributed by atoms with Crippen LogP contribution < -0.4 is 0 Å². The van der Waals surface area contributed by atoms with Gasteiger partial charge in [0.25, 0.3) is 0 Å². The summed E-state index contributed by atoms with van der Waals surface area (Å²) in [6.45, 7) is 6.10. The molecule has 1 aliphatic carbocycles. The lowest BCUT2D eigenvalue weighted by Crippen LogP contribution is -2.51. The van der Waals surface area contributed by atoms with Gasteiger partial charge in [0.05, 0.1) is 5.92 Å². The van der Waals surface area contributed by atoms with Crippen LogP contribution in [0.4, 0.5) is 0 Å². The van der Waals surface area contributed by atoms with Gasteiger partial charge in [0.2, 0.25) is 0 Å². The van der Waals surface area contributed by atoms with E-state index in [1.165, 1.54) is 0 Å². The van der Waals surface area contributed by atoms with Crippen LogP contribution in [0.1, 0.15) is 40.0 Å². The number of hydrogen-bond donors (Lipinski definition) is 1. The van der Waals surface area contributed by atoms with Gasteiger partial charge in [-0.3, -0.25) is 4.79 Å². The van der Waals surface area contributed by atoms with Crippen molar-refractivity contribution in [2.75, 3.05) is 0 Å². The topological polar surface area (TPSA) is 55.8 Å². The molecule has 2 atom stereocenters. The predicted molar refractivity (Wildman–Crippen MR) is 72.7 cm³/mol. The molecule has 1 N–H and O–H groups in total. The predicted octanol–water partition coefficient (Wildman–Crippen LogP) is -0.176. The summed E-state index contributed by atoms with van der Waals surface area (Å²) in [5, 5.41) is 9.29. The Labute approximate surface area is 109 Å². The maximum Gasteiger partial charge on any atom is 0.306 e. The first-order chi connectivity index (χ1) is 7.80. The summed E-state index contributed by atoms with van der Waals surface area (Å²) in [7, 11) is 1.20. The minimum Gasteiger partial charge on any atom is -0.481 e. The molecule has 6 heteroatoms. The van der Waals surface area contributed by atoms with Crippen molar-refractivity contribution in [2.24, 2.45) is 17.3 Å². The fourth-order valence-electron chi connectivity index (χ4n) is 3.07. The van der Waals surface area contributed by atoms with Crippen LogP contribution in [-0.2, 0) is 13.6 Å². The van der Waals surface area contributed by atoms with Crippen molar-refractivity contribution < 1.29 is 18.8 Å². The van der Waals surface area contributed by atoms with Crippen molar-refractivity contribution in [3.8, 4) is 0 Å². The Balaban J connectivity index is 3.00. The lowest BCUT2D eigenvalue weighted by atomic mass is 9.68. The second-order valence-corrected chi connectivity index (χ2v) is 6.37. The molecule has 17 heavy (non-hydrogen) atoms. The fraction of sp³-hybridized carbons (Fsp3) is 0.909. The highest BCUT2D eigenvalue weighted by atomic mass is 28.2. The standard InChI is InChI=1S/C11H24O4Si2/c1-10(2,11(3,14-16)15-17)8-6-4-5-7(8)9(12)13/h7-8H,4-6H2,1-3,16-17H3,(H,12,13). The molecule has 1 rings (SSSR count). The maximum absolute atomic E-state index is 11.3. The maximum atomic E-state index is 11.3. The quantitative estimate of drug-likeness (QED) is 0.559. The molecule has 0 radical (unpaired) electrons. The van der Waals surface area contributed by atoms with Gasteiger partial charge >= 0.3 is 5.97 Å². The first-order valence-corrected chi connectivity index (χ1v) is 7.76. The van der Waals surface area contributed by atoms with Crippen LogP contribution in [0.2, 0.25) is 0 Å². The molecule has 0 aliphatic heterocycles. The Hall–Kier alpha value is -0.176. The Kier molecular flexibility index (Phi) is 4.56. The highest BCUT2D eigenvalue weighted by molar-refractivity contribution is 6.00. The van der Waals surface area contributed by atoms with Crippen LogP contribution >= 0.6 is 0 Å². The van der Waals surface area contributed by atoms with Crippen LogP contribution in [0.25, 0.3) is 0 Å². The molecule has 4 nitrogen and oxygen atoms in total. The molecular formula is C11H24O4Si2. The van der Waals surface area contributed by atoms with Gasteiger partial charge in [-0.15, -0.1) is 0 Å². The summed E-state index contributed by atoms with van der Waals surface area (Å²) in [6.07, 6.45) is 2.72. The van der Waals surface area contributed by atoms with Gasteiger partial charge in [-0.2, -0.15) is 0 Å². The normalized spacial score (nSPS) is 29.4. The monoisotopic (exact) mass is 276 g/mol. The van der Waals surface area contributed by atoms with Crippen molar-refractivity contribution in [1.82, 2.24) is 0 Å². The van der Waals surface area contributed by atoms with E-state index in [1.54, 1.807) is 0 Å². The van der Waals surface area contributed by atoms with Crippen LogP contribution in [0.3, 0.4) is 0 Å². The van der Waals surface area contributed by atoms with Crippen molar-refractivity contribution in [2.45, 2.75) is 45.8 Å².